The molecule has 2 heterocycles. The number of hydrogen-bond acceptors (Lipinski definition) is 5. The number of nitrogens with one attached hydrogen (secondary N) is 3. The Bertz CT molecular complexity index is 543. The van der Waals surface area contributed by atoms with Crippen LogP contribution >= 0.6 is 0 Å². The maximum Gasteiger partial charge on any atom is 0.257 e. The molecule has 0 bridgehead atoms. The summed E-state index contributed by atoms with van der Waals surface area (Å²) < 4.78 is 27.4. The van der Waals surface area contributed by atoms with Gasteiger partial charge in [0.2, 0.25) is 0 Å². The summed E-state index contributed by atoms with van der Waals surface area (Å²) in [6.07, 6.45) is 3.61. The first-order valence-electron chi connectivity index (χ1n) is 7.44. The Hall–Kier alpha value is -0.960. The van der Waals surface area contributed by atoms with E-state index in [4.69, 9.17) is 0 Å². The summed E-state index contributed by atoms with van der Waals surface area (Å²) in [4.78, 5) is 2.22. The first-order chi connectivity index (χ1) is 10.0. The maximum absolute atomic E-state index is 12.4. The lowest BCUT2D eigenvalue weighted by Gasteiger charge is -2.12. The van der Waals surface area contributed by atoms with Crippen molar-refractivity contribution in [1.82, 2.24) is 25.1 Å². The van der Waals surface area contributed by atoms with Crippen molar-refractivity contribution in [2.45, 2.75) is 31.3 Å². The minimum atomic E-state index is -3.52. The van der Waals surface area contributed by atoms with E-state index in [9.17, 15) is 8.42 Å². The molecule has 1 fully saturated rings. The van der Waals surface area contributed by atoms with Gasteiger partial charge in [0, 0.05) is 25.2 Å². The Morgan fingerprint density at radius 2 is 2.33 bits per heavy atom. The molecule has 1 aromatic rings. The van der Waals surface area contributed by atoms with Gasteiger partial charge in [0.05, 0.1) is 6.20 Å². The molecule has 8 heteroatoms. The molecule has 0 saturated carbocycles. The average molecular weight is 315 g/mol. The number of rotatable bonds is 8. The molecule has 3 N–H and O–H groups in total. The number of likely N-dealkylation sites (tertiary alicyclic amines) is 1. The van der Waals surface area contributed by atoms with Crippen LogP contribution in [0.5, 0.6) is 0 Å². The number of H-pyrrole nitrogens is 1. The molecule has 1 atom stereocenters. The predicted octanol–water partition coefficient (Wildman–Crippen LogP) is 0.139. The Morgan fingerprint density at radius 1 is 1.52 bits per heavy atom. The number of sulfonamides is 1. The largest absolute Gasteiger partial charge is 0.313 e. The van der Waals surface area contributed by atoms with E-state index >= 15 is 0 Å². The second-order valence-electron chi connectivity index (χ2n) is 5.67. The van der Waals surface area contributed by atoms with E-state index in [1.807, 2.05) is 0 Å². The lowest BCUT2D eigenvalue weighted by molar-refractivity contribution is 0.394. The summed E-state index contributed by atoms with van der Waals surface area (Å²) in [7, 11) is -1.46. The zero-order valence-electron chi connectivity index (χ0n) is 12.7. The molecule has 1 aromatic heterocycles. The van der Waals surface area contributed by atoms with Crippen LogP contribution in [-0.4, -0.2) is 56.7 Å². The summed E-state index contributed by atoms with van der Waals surface area (Å²) >= 11 is 0. The van der Waals surface area contributed by atoms with Crippen LogP contribution < -0.4 is 10.0 Å². The summed E-state index contributed by atoms with van der Waals surface area (Å²) in [6, 6.07) is 0. The van der Waals surface area contributed by atoms with Gasteiger partial charge in [-0.1, -0.05) is 6.92 Å². The van der Waals surface area contributed by atoms with Gasteiger partial charge in [-0.2, -0.15) is 5.10 Å². The number of nitrogens with zero attached hydrogens (tertiary/aromatic N) is 2. The van der Waals surface area contributed by atoms with E-state index in [1.165, 1.54) is 0 Å². The van der Waals surface area contributed by atoms with Gasteiger partial charge in [0.1, 0.15) is 0 Å². The van der Waals surface area contributed by atoms with Crippen molar-refractivity contribution in [3.63, 3.8) is 0 Å². The van der Waals surface area contributed by atoms with Gasteiger partial charge in [-0.3, -0.25) is 5.10 Å². The standard InChI is InChI=1S/C13H25N5O2S/c1-3-5-14-8-12-9-15-17-13(12)21(19,20)16-7-11-4-6-18(2)10-11/h9,11,14,16H,3-8,10H2,1-2H3,(H,15,17). The highest BCUT2D eigenvalue weighted by Gasteiger charge is 2.24. The van der Waals surface area contributed by atoms with Crippen LogP contribution in [0.15, 0.2) is 11.2 Å². The molecule has 1 aliphatic rings. The average Bonchev–Trinajstić information content (AvgIpc) is 3.06. The topological polar surface area (TPSA) is 90.1 Å². The van der Waals surface area contributed by atoms with Crippen molar-refractivity contribution in [1.29, 1.82) is 0 Å². The van der Waals surface area contributed by atoms with Crippen molar-refractivity contribution in [3.8, 4) is 0 Å². The monoisotopic (exact) mass is 315 g/mol. The Kier molecular flexibility index (Phi) is 5.74. The van der Waals surface area contributed by atoms with Crippen molar-refractivity contribution >= 4 is 10.0 Å². The Morgan fingerprint density at radius 3 is 3.00 bits per heavy atom. The van der Waals surface area contributed by atoms with Gasteiger partial charge >= 0.3 is 0 Å². The molecule has 0 aromatic carbocycles. The van der Waals surface area contributed by atoms with Gasteiger partial charge in [0.25, 0.3) is 10.0 Å². The molecule has 0 amide bonds. The van der Waals surface area contributed by atoms with E-state index in [2.05, 4.69) is 39.1 Å². The van der Waals surface area contributed by atoms with Crippen molar-refractivity contribution in [2.75, 3.05) is 33.2 Å². The minimum absolute atomic E-state index is 0.178. The fraction of sp³-hybridized carbons (Fsp3) is 0.769. The zero-order valence-corrected chi connectivity index (χ0v) is 13.5. The summed E-state index contributed by atoms with van der Waals surface area (Å²) in [5.41, 5.74) is 0.680. The van der Waals surface area contributed by atoms with Crippen LogP contribution in [0.25, 0.3) is 0 Å². The van der Waals surface area contributed by atoms with E-state index in [0.717, 1.165) is 32.5 Å². The molecule has 120 valence electrons. The molecule has 2 rings (SSSR count). The second-order valence-corrected chi connectivity index (χ2v) is 7.37. The molecule has 21 heavy (non-hydrogen) atoms. The minimum Gasteiger partial charge on any atom is -0.313 e. The fourth-order valence-electron chi connectivity index (χ4n) is 2.55. The van der Waals surface area contributed by atoms with E-state index in [-0.39, 0.29) is 5.03 Å². The Labute approximate surface area is 126 Å². The third-order valence-corrected chi connectivity index (χ3v) is 5.18. The van der Waals surface area contributed by atoms with Crippen LogP contribution in [0.3, 0.4) is 0 Å². The number of aromatic amines is 1. The Balaban J connectivity index is 1.94. The zero-order chi connectivity index (χ0) is 15.3. The quantitative estimate of drug-likeness (QED) is 0.594. The van der Waals surface area contributed by atoms with Crippen molar-refractivity contribution in [3.05, 3.63) is 11.8 Å². The van der Waals surface area contributed by atoms with E-state index < -0.39 is 10.0 Å². The van der Waals surface area contributed by atoms with E-state index in [0.29, 0.717) is 24.6 Å². The van der Waals surface area contributed by atoms with Crippen molar-refractivity contribution in [2.24, 2.45) is 5.92 Å². The highest BCUT2D eigenvalue weighted by molar-refractivity contribution is 7.89. The van der Waals surface area contributed by atoms with Crippen LogP contribution in [0.2, 0.25) is 0 Å². The second kappa shape index (κ2) is 7.35. The third-order valence-electron chi connectivity index (χ3n) is 3.74. The van der Waals surface area contributed by atoms with Gasteiger partial charge < -0.3 is 10.2 Å². The molecule has 0 radical (unpaired) electrons. The molecule has 0 aliphatic carbocycles. The first-order valence-corrected chi connectivity index (χ1v) is 8.92. The van der Waals surface area contributed by atoms with Gasteiger partial charge in [-0.15, -0.1) is 0 Å². The van der Waals surface area contributed by atoms with Crippen molar-refractivity contribution < 1.29 is 8.42 Å². The summed E-state index contributed by atoms with van der Waals surface area (Å²) in [6.45, 7) is 5.88. The summed E-state index contributed by atoms with van der Waals surface area (Å²) in [5, 5.41) is 9.85. The van der Waals surface area contributed by atoms with Gasteiger partial charge in [-0.25, -0.2) is 13.1 Å². The normalized spacial score (nSPS) is 20.2. The molecule has 1 aliphatic heterocycles. The predicted molar refractivity (Wildman–Crippen MR) is 81.4 cm³/mol. The molecule has 0 spiro atoms. The van der Waals surface area contributed by atoms with Crippen LogP contribution in [0, 0.1) is 5.92 Å². The molecule has 1 saturated heterocycles. The van der Waals surface area contributed by atoms with Crippen LogP contribution in [0.4, 0.5) is 0 Å². The van der Waals surface area contributed by atoms with Crippen LogP contribution in [0.1, 0.15) is 25.3 Å². The lowest BCUT2D eigenvalue weighted by atomic mass is 10.1. The van der Waals surface area contributed by atoms with Gasteiger partial charge in [-0.05, 0) is 38.9 Å². The highest BCUT2D eigenvalue weighted by Crippen LogP contribution is 2.16. The first kappa shape index (κ1) is 16.4. The maximum atomic E-state index is 12.4. The molecule has 7 nitrogen and oxygen atoms in total. The fourth-order valence-corrected chi connectivity index (χ4v) is 3.79. The van der Waals surface area contributed by atoms with Gasteiger partial charge in [0.15, 0.2) is 5.03 Å². The number of hydrogen-bond donors (Lipinski definition) is 3. The number of aromatic nitrogens is 2. The third kappa shape index (κ3) is 4.50. The highest BCUT2D eigenvalue weighted by atomic mass is 32.2. The SMILES string of the molecule is CCCNCc1cn[nH]c1S(=O)(=O)NCC1CCN(C)C1. The van der Waals surface area contributed by atoms with Crippen LogP contribution in [-0.2, 0) is 16.6 Å². The summed E-state index contributed by atoms with van der Waals surface area (Å²) in [5.74, 6) is 0.384. The lowest BCUT2D eigenvalue weighted by Crippen LogP contribution is -2.31. The smallest absolute Gasteiger partial charge is 0.257 e. The molecular formula is C13H25N5O2S. The van der Waals surface area contributed by atoms with E-state index in [1.54, 1.807) is 6.20 Å². The molecule has 1 unspecified atom stereocenters. The molecular weight excluding hydrogens is 290 g/mol.